The molecular weight excluding hydrogens is 272 g/mol. The molecule has 0 aromatic heterocycles. The summed E-state index contributed by atoms with van der Waals surface area (Å²) in [6, 6.07) is 0. The molecule has 0 aromatic rings. The van der Waals surface area contributed by atoms with Gasteiger partial charge in [-0.05, 0) is 31.6 Å². The van der Waals surface area contributed by atoms with Gasteiger partial charge < -0.3 is 14.9 Å². The molecule has 3 rings (SSSR count). The van der Waals surface area contributed by atoms with Crippen LogP contribution in [0.15, 0.2) is 0 Å². The van der Waals surface area contributed by atoms with Crippen molar-refractivity contribution in [3.8, 4) is 0 Å². The molecule has 0 bridgehead atoms. The Bertz CT molecular complexity index is 461. The van der Waals surface area contributed by atoms with Crippen molar-refractivity contribution in [1.82, 2.24) is 9.80 Å². The van der Waals surface area contributed by atoms with E-state index in [1.165, 1.54) is 12.8 Å². The lowest BCUT2D eigenvalue weighted by Crippen LogP contribution is -2.45. The van der Waals surface area contributed by atoms with Crippen LogP contribution in [0.25, 0.3) is 0 Å². The SMILES string of the molecule is O=C(O)C1CCCN(C(=O)C2CC(=O)N(CC3CC3)C2)C1. The summed E-state index contributed by atoms with van der Waals surface area (Å²) in [6.45, 7) is 2.22. The van der Waals surface area contributed by atoms with Crippen molar-refractivity contribution in [3.63, 3.8) is 0 Å². The summed E-state index contributed by atoms with van der Waals surface area (Å²) in [4.78, 5) is 39.0. The maximum absolute atomic E-state index is 12.5. The Morgan fingerprint density at radius 1 is 1.14 bits per heavy atom. The Kier molecular flexibility index (Phi) is 3.87. The van der Waals surface area contributed by atoms with E-state index in [0.717, 1.165) is 13.0 Å². The normalized spacial score (nSPS) is 29.8. The number of hydrogen-bond donors (Lipinski definition) is 1. The molecule has 3 aliphatic rings. The van der Waals surface area contributed by atoms with E-state index in [0.29, 0.717) is 38.4 Å². The molecule has 116 valence electrons. The van der Waals surface area contributed by atoms with E-state index in [-0.39, 0.29) is 17.7 Å². The summed E-state index contributed by atoms with van der Waals surface area (Å²) in [5, 5.41) is 9.09. The molecule has 3 fully saturated rings. The highest BCUT2D eigenvalue weighted by Crippen LogP contribution is 2.32. The maximum Gasteiger partial charge on any atom is 0.308 e. The van der Waals surface area contributed by atoms with Crippen LogP contribution in [-0.2, 0) is 14.4 Å². The lowest BCUT2D eigenvalue weighted by Gasteiger charge is -2.32. The highest BCUT2D eigenvalue weighted by atomic mass is 16.4. The van der Waals surface area contributed by atoms with E-state index >= 15 is 0 Å². The van der Waals surface area contributed by atoms with Gasteiger partial charge in [-0.1, -0.05) is 0 Å². The Morgan fingerprint density at radius 3 is 2.57 bits per heavy atom. The van der Waals surface area contributed by atoms with Gasteiger partial charge in [0.15, 0.2) is 0 Å². The van der Waals surface area contributed by atoms with Crippen molar-refractivity contribution >= 4 is 17.8 Å². The van der Waals surface area contributed by atoms with Crippen molar-refractivity contribution in [2.24, 2.45) is 17.8 Å². The number of carbonyl (C=O) groups is 3. The third-order valence-corrected chi connectivity index (χ3v) is 4.82. The van der Waals surface area contributed by atoms with Gasteiger partial charge >= 0.3 is 5.97 Å². The minimum atomic E-state index is -0.828. The van der Waals surface area contributed by atoms with E-state index in [1.54, 1.807) is 4.90 Å². The minimum Gasteiger partial charge on any atom is -0.481 e. The van der Waals surface area contributed by atoms with Crippen LogP contribution in [0.3, 0.4) is 0 Å². The zero-order valence-corrected chi connectivity index (χ0v) is 12.2. The van der Waals surface area contributed by atoms with Crippen LogP contribution < -0.4 is 0 Å². The molecular formula is C15H22N2O4. The van der Waals surface area contributed by atoms with Crippen molar-refractivity contribution in [1.29, 1.82) is 0 Å². The topological polar surface area (TPSA) is 77.9 Å². The number of aliphatic carboxylic acids is 1. The molecule has 1 N–H and O–H groups in total. The maximum atomic E-state index is 12.5. The number of carbonyl (C=O) groups excluding carboxylic acids is 2. The summed E-state index contributed by atoms with van der Waals surface area (Å²) >= 11 is 0. The molecule has 0 radical (unpaired) electrons. The van der Waals surface area contributed by atoms with Crippen LogP contribution in [-0.4, -0.2) is 58.9 Å². The fraction of sp³-hybridized carbons (Fsp3) is 0.800. The van der Waals surface area contributed by atoms with Gasteiger partial charge in [0.05, 0.1) is 11.8 Å². The predicted octanol–water partition coefficient (Wildman–Crippen LogP) is 0.568. The molecule has 0 spiro atoms. The van der Waals surface area contributed by atoms with Gasteiger partial charge in [-0.25, -0.2) is 0 Å². The summed E-state index contributed by atoms with van der Waals surface area (Å²) in [7, 11) is 0. The number of rotatable bonds is 4. The number of likely N-dealkylation sites (tertiary alicyclic amines) is 2. The first-order valence-corrected chi connectivity index (χ1v) is 7.84. The smallest absolute Gasteiger partial charge is 0.308 e. The molecule has 2 atom stereocenters. The van der Waals surface area contributed by atoms with Gasteiger partial charge in [0, 0.05) is 32.6 Å². The van der Waals surface area contributed by atoms with Gasteiger partial charge in [0.25, 0.3) is 0 Å². The molecule has 2 amide bonds. The number of carboxylic acid groups (broad SMARTS) is 1. The van der Waals surface area contributed by atoms with Gasteiger partial charge in [-0.3, -0.25) is 14.4 Å². The first-order chi connectivity index (χ1) is 10.0. The zero-order chi connectivity index (χ0) is 15.0. The molecule has 2 aliphatic heterocycles. The monoisotopic (exact) mass is 294 g/mol. The highest BCUT2D eigenvalue weighted by Gasteiger charge is 2.40. The van der Waals surface area contributed by atoms with Crippen LogP contribution in [0.4, 0.5) is 0 Å². The Balaban J connectivity index is 1.57. The van der Waals surface area contributed by atoms with E-state index in [4.69, 9.17) is 5.11 Å². The van der Waals surface area contributed by atoms with Gasteiger partial charge in [-0.2, -0.15) is 0 Å². The summed E-state index contributed by atoms with van der Waals surface area (Å²) in [6.07, 6.45) is 4.04. The lowest BCUT2D eigenvalue weighted by atomic mass is 9.96. The van der Waals surface area contributed by atoms with Crippen LogP contribution in [0.2, 0.25) is 0 Å². The number of hydrogen-bond acceptors (Lipinski definition) is 3. The van der Waals surface area contributed by atoms with Crippen LogP contribution >= 0.6 is 0 Å². The molecule has 2 saturated heterocycles. The van der Waals surface area contributed by atoms with Crippen molar-refractivity contribution in [3.05, 3.63) is 0 Å². The predicted molar refractivity (Wildman–Crippen MR) is 74.4 cm³/mol. The number of amides is 2. The highest BCUT2D eigenvalue weighted by molar-refractivity contribution is 5.89. The molecule has 2 heterocycles. The fourth-order valence-corrected chi connectivity index (χ4v) is 3.36. The standard InChI is InChI=1S/C15H22N2O4/c18-13-6-12(9-17(13)7-10-3-4-10)14(19)16-5-1-2-11(8-16)15(20)21/h10-12H,1-9H2,(H,20,21). The van der Waals surface area contributed by atoms with Crippen LogP contribution in [0.5, 0.6) is 0 Å². The van der Waals surface area contributed by atoms with Crippen molar-refractivity contribution in [2.45, 2.75) is 32.1 Å². The van der Waals surface area contributed by atoms with Crippen LogP contribution in [0, 0.1) is 17.8 Å². The van der Waals surface area contributed by atoms with E-state index in [2.05, 4.69) is 0 Å². The molecule has 6 nitrogen and oxygen atoms in total. The van der Waals surface area contributed by atoms with Gasteiger partial charge in [0.2, 0.25) is 11.8 Å². The summed E-state index contributed by atoms with van der Waals surface area (Å²) < 4.78 is 0. The Morgan fingerprint density at radius 2 is 1.90 bits per heavy atom. The minimum absolute atomic E-state index is 0.0346. The van der Waals surface area contributed by atoms with E-state index < -0.39 is 11.9 Å². The largest absolute Gasteiger partial charge is 0.481 e. The molecule has 6 heteroatoms. The second-order valence-electron chi connectivity index (χ2n) is 6.60. The first kappa shape index (κ1) is 14.4. The van der Waals surface area contributed by atoms with Gasteiger partial charge in [-0.15, -0.1) is 0 Å². The van der Waals surface area contributed by atoms with Gasteiger partial charge in [0.1, 0.15) is 0 Å². The van der Waals surface area contributed by atoms with E-state index in [9.17, 15) is 14.4 Å². The summed E-state index contributed by atoms with van der Waals surface area (Å²) in [5.41, 5.74) is 0. The lowest BCUT2D eigenvalue weighted by molar-refractivity contribution is -0.146. The fourth-order valence-electron chi connectivity index (χ4n) is 3.36. The van der Waals surface area contributed by atoms with Crippen molar-refractivity contribution in [2.75, 3.05) is 26.2 Å². The Labute approximate surface area is 124 Å². The van der Waals surface area contributed by atoms with Crippen molar-refractivity contribution < 1.29 is 19.5 Å². The molecule has 21 heavy (non-hydrogen) atoms. The zero-order valence-electron chi connectivity index (χ0n) is 12.2. The molecule has 0 aromatic carbocycles. The molecule has 1 saturated carbocycles. The Hall–Kier alpha value is -1.59. The first-order valence-electron chi connectivity index (χ1n) is 7.84. The third-order valence-electron chi connectivity index (χ3n) is 4.82. The quantitative estimate of drug-likeness (QED) is 0.822. The van der Waals surface area contributed by atoms with E-state index in [1.807, 2.05) is 4.90 Å². The number of carboxylic acids is 1. The molecule has 2 unspecified atom stereocenters. The molecule has 1 aliphatic carbocycles. The summed E-state index contributed by atoms with van der Waals surface area (Å²) in [5.74, 6) is -0.884. The third kappa shape index (κ3) is 3.19. The van der Waals surface area contributed by atoms with Crippen LogP contribution in [0.1, 0.15) is 32.1 Å². The second-order valence-corrected chi connectivity index (χ2v) is 6.60. The second kappa shape index (κ2) is 5.66. The number of nitrogens with zero attached hydrogens (tertiary/aromatic N) is 2. The average molecular weight is 294 g/mol. The number of piperidine rings is 1. The average Bonchev–Trinajstić information content (AvgIpc) is 3.21.